The van der Waals surface area contributed by atoms with E-state index in [-0.39, 0.29) is 0 Å². The fraction of sp³-hybridized carbons (Fsp3) is 1.00. The molecule has 0 saturated heterocycles. The van der Waals surface area contributed by atoms with Crippen LogP contribution >= 0.6 is 0 Å². The lowest BCUT2D eigenvalue weighted by Gasteiger charge is -2.19. The molecule has 2 nitrogen and oxygen atoms in total. The van der Waals surface area contributed by atoms with Crippen LogP contribution in [0.1, 0.15) is 46.5 Å². The van der Waals surface area contributed by atoms with Crippen molar-refractivity contribution in [1.29, 1.82) is 0 Å². The maximum atomic E-state index is 9.48. The average molecular weight is 185 g/mol. The van der Waals surface area contributed by atoms with Crippen LogP contribution in [0.5, 0.6) is 0 Å². The second kappa shape index (κ2) is 4.43. The lowest BCUT2D eigenvalue weighted by atomic mass is 10.1. The zero-order valence-electron chi connectivity index (χ0n) is 9.14. The Morgan fingerprint density at radius 2 is 2.08 bits per heavy atom. The molecule has 0 amide bonds. The Kier molecular flexibility index (Phi) is 3.74. The van der Waals surface area contributed by atoms with E-state index in [9.17, 15) is 5.11 Å². The van der Waals surface area contributed by atoms with Gasteiger partial charge in [0.25, 0.3) is 0 Å². The highest BCUT2D eigenvalue weighted by Crippen LogP contribution is 2.33. The first-order valence-electron chi connectivity index (χ1n) is 5.43. The number of rotatable bonds is 6. The van der Waals surface area contributed by atoms with Crippen molar-refractivity contribution < 1.29 is 5.11 Å². The van der Waals surface area contributed by atoms with Crippen LogP contribution in [0, 0.1) is 5.92 Å². The van der Waals surface area contributed by atoms with Crippen molar-refractivity contribution >= 4 is 0 Å². The van der Waals surface area contributed by atoms with E-state index in [1.54, 1.807) is 0 Å². The number of hydrogen-bond donors (Lipinski definition) is 2. The quantitative estimate of drug-likeness (QED) is 0.662. The number of nitrogens with one attached hydrogen (secondary N) is 1. The molecule has 0 aromatic rings. The molecule has 1 atom stereocenters. The van der Waals surface area contributed by atoms with E-state index in [2.05, 4.69) is 12.2 Å². The molecule has 78 valence electrons. The smallest absolute Gasteiger partial charge is 0.0603 e. The van der Waals surface area contributed by atoms with E-state index in [4.69, 9.17) is 0 Å². The van der Waals surface area contributed by atoms with Gasteiger partial charge in [-0.25, -0.2) is 0 Å². The lowest BCUT2D eigenvalue weighted by Crippen LogP contribution is -2.32. The third-order valence-corrected chi connectivity index (χ3v) is 2.61. The highest BCUT2D eigenvalue weighted by molar-refractivity contribution is 4.78. The van der Waals surface area contributed by atoms with Gasteiger partial charge < -0.3 is 10.4 Å². The van der Waals surface area contributed by atoms with Gasteiger partial charge in [0.05, 0.1) is 5.60 Å². The third kappa shape index (κ3) is 6.05. The summed E-state index contributed by atoms with van der Waals surface area (Å²) < 4.78 is 0. The summed E-state index contributed by atoms with van der Waals surface area (Å²) in [6.07, 6.45) is 5.00. The number of hydrogen-bond acceptors (Lipinski definition) is 2. The highest BCUT2D eigenvalue weighted by atomic mass is 16.3. The standard InChI is InChI=1S/C11H23NO/c1-9(8-10-4-5-10)12-7-6-11(2,3)13/h9-10,12-13H,4-8H2,1-3H3. The van der Waals surface area contributed by atoms with Gasteiger partial charge in [-0.15, -0.1) is 0 Å². The molecule has 13 heavy (non-hydrogen) atoms. The molecule has 1 rings (SSSR count). The molecule has 0 bridgehead atoms. The largest absolute Gasteiger partial charge is 0.390 e. The van der Waals surface area contributed by atoms with E-state index in [0.29, 0.717) is 6.04 Å². The monoisotopic (exact) mass is 185 g/mol. The molecule has 1 fully saturated rings. The molecule has 0 aliphatic heterocycles. The van der Waals surface area contributed by atoms with Crippen molar-refractivity contribution in [3.05, 3.63) is 0 Å². The molecule has 0 aromatic carbocycles. The fourth-order valence-corrected chi connectivity index (χ4v) is 1.56. The molecule has 0 radical (unpaired) electrons. The maximum Gasteiger partial charge on any atom is 0.0603 e. The zero-order chi connectivity index (χ0) is 9.90. The van der Waals surface area contributed by atoms with Gasteiger partial charge in [-0.1, -0.05) is 12.8 Å². The Morgan fingerprint density at radius 3 is 2.54 bits per heavy atom. The summed E-state index contributed by atoms with van der Waals surface area (Å²) in [5, 5.41) is 12.9. The summed E-state index contributed by atoms with van der Waals surface area (Å²) in [7, 11) is 0. The van der Waals surface area contributed by atoms with Gasteiger partial charge in [0.1, 0.15) is 0 Å². The van der Waals surface area contributed by atoms with Gasteiger partial charge in [-0.3, -0.25) is 0 Å². The van der Waals surface area contributed by atoms with Crippen molar-refractivity contribution in [3.8, 4) is 0 Å². The van der Waals surface area contributed by atoms with Gasteiger partial charge in [0, 0.05) is 6.04 Å². The Hall–Kier alpha value is -0.0800. The maximum absolute atomic E-state index is 9.48. The molecule has 1 saturated carbocycles. The molecule has 0 spiro atoms. The van der Waals surface area contributed by atoms with Crippen molar-refractivity contribution in [2.45, 2.75) is 58.1 Å². The van der Waals surface area contributed by atoms with Gasteiger partial charge in [0.2, 0.25) is 0 Å². The summed E-state index contributed by atoms with van der Waals surface area (Å²) in [6, 6.07) is 0.620. The van der Waals surface area contributed by atoms with Crippen LogP contribution in [0.2, 0.25) is 0 Å². The Morgan fingerprint density at radius 1 is 1.46 bits per heavy atom. The average Bonchev–Trinajstić information content (AvgIpc) is 2.68. The van der Waals surface area contributed by atoms with Gasteiger partial charge >= 0.3 is 0 Å². The summed E-state index contributed by atoms with van der Waals surface area (Å²) in [5.41, 5.74) is -0.522. The lowest BCUT2D eigenvalue weighted by molar-refractivity contribution is 0.0704. The summed E-state index contributed by atoms with van der Waals surface area (Å²) >= 11 is 0. The highest BCUT2D eigenvalue weighted by Gasteiger charge is 2.23. The second-order valence-electron chi connectivity index (χ2n) is 5.10. The van der Waals surface area contributed by atoms with Crippen molar-refractivity contribution in [2.24, 2.45) is 5.92 Å². The first kappa shape index (κ1) is 11.0. The third-order valence-electron chi connectivity index (χ3n) is 2.61. The fourth-order valence-electron chi connectivity index (χ4n) is 1.56. The van der Waals surface area contributed by atoms with Crippen LogP contribution in [0.3, 0.4) is 0 Å². The Balaban J connectivity index is 1.97. The molecule has 0 aromatic heterocycles. The summed E-state index contributed by atoms with van der Waals surface area (Å²) in [5.74, 6) is 0.990. The van der Waals surface area contributed by atoms with Gasteiger partial charge in [-0.2, -0.15) is 0 Å². The summed E-state index contributed by atoms with van der Waals surface area (Å²) in [6.45, 7) is 6.89. The van der Waals surface area contributed by atoms with E-state index in [1.165, 1.54) is 19.3 Å². The van der Waals surface area contributed by atoms with Crippen LogP contribution in [0.4, 0.5) is 0 Å². The normalized spacial score (nSPS) is 20.3. The van der Waals surface area contributed by atoms with E-state index in [1.807, 2.05) is 13.8 Å². The molecule has 1 unspecified atom stereocenters. The molecule has 1 aliphatic rings. The van der Waals surface area contributed by atoms with Crippen molar-refractivity contribution in [1.82, 2.24) is 5.32 Å². The summed E-state index contributed by atoms with van der Waals surface area (Å²) in [4.78, 5) is 0. The van der Waals surface area contributed by atoms with Crippen LogP contribution in [0.15, 0.2) is 0 Å². The molecular formula is C11H23NO. The van der Waals surface area contributed by atoms with E-state index < -0.39 is 5.60 Å². The van der Waals surface area contributed by atoms with Crippen molar-refractivity contribution in [3.63, 3.8) is 0 Å². The topological polar surface area (TPSA) is 32.3 Å². The first-order valence-corrected chi connectivity index (χ1v) is 5.43. The Labute approximate surface area is 81.7 Å². The minimum Gasteiger partial charge on any atom is -0.390 e. The van der Waals surface area contributed by atoms with Crippen LogP contribution < -0.4 is 5.32 Å². The molecule has 2 heteroatoms. The first-order chi connectivity index (χ1) is 5.97. The second-order valence-corrected chi connectivity index (χ2v) is 5.10. The van der Waals surface area contributed by atoms with E-state index in [0.717, 1.165) is 18.9 Å². The zero-order valence-corrected chi connectivity index (χ0v) is 9.14. The van der Waals surface area contributed by atoms with Gasteiger partial charge in [0.15, 0.2) is 0 Å². The molecule has 0 heterocycles. The minimum absolute atomic E-state index is 0.522. The van der Waals surface area contributed by atoms with E-state index >= 15 is 0 Å². The number of aliphatic hydroxyl groups is 1. The molecular weight excluding hydrogens is 162 g/mol. The van der Waals surface area contributed by atoms with Gasteiger partial charge in [-0.05, 0) is 46.1 Å². The SMILES string of the molecule is CC(CC1CC1)NCCC(C)(C)O. The van der Waals surface area contributed by atoms with Crippen molar-refractivity contribution in [2.75, 3.05) is 6.54 Å². The van der Waals surface area contributed by atoms with Crippen LogP contribution in [0.25, 0.3) is 0 Å². The van der Waals surface area contributed by atoms with Crippen LogP contribution in [-0.2, 0) is 0 Å². The molecule has 2 N–H and O–H groups in total. The van der Waals surface area contributed by atoms with Crippen LogP contribution in [-0.4, -0.2) is 23.3 Å². The predicted octanol–water partition coefficient (Wildman–Crippen LogP) is 1.93. The predicted molar refractivity (Wildman–Crippen MR) is 55.7 cm³/mol. The Bertz CT molecular complexity index is 147. The molecule has 1 aliphatic carbocycles. The minimum atomic E-state index is -0.522.